The van der Waals surface area contributed by atoms with Crippen molar-refractivity contribution in [3.63, 3.8) is 0 Å². The summed E-state index contributed by atoms with van der Waals surface area (Å²) in [5, 5.41) is 6.27. The van der Waals surface area contributed by atoms with Crippen LogP contribution in [0.3, 0.4) is 0 Å². The zero-order valence-electron chi connectivity index (χ0n) is 14.2. The predicted molar refractivity (Wildman–Crippen MR) is 97.8 cm³/mol. The Morgan fingerprint density at radius 3 is 2.69 bits per heavy atom. The van der Waals surface area contributed by atoms with E-state index in [-0.39, 0.29) is 17.5 Å². The number of nitrogens with one attached hydrogen (secondary N) is 2. The van der Waals surface area contributed by atoms with Crippen molar-refractivity contribution in [2.24, 2.45) is 5.92 Å². The lowest BCUT2D eigenvalue weighted by molar-refractivity contribution is -0.114. The second kappa shape index (κ2) is 6.60. The Morgan fingerprint density at radius 2 is 2.04 bits per heavy atom. The number of ketones is 2. The van der Waals surface area contributed by atoms with Crippen LogP contribution >= 0.6 is 11.3 Å². The topological polar surface area (TPSA) is 101 Å². The van der Waals surface area contributed by atoms with E-state index in [1.807, 2.05) is 0 Å². The van der Waals surface area contributed by atoms with Gasteiger partial charge < -0.3 is 10.6 Å². The number of Topliss-reactive ketones (excluding diaryl/α,β-unsaturated/α-hetero) is 2. The van der Waals surface area contributed by atoms with E-state index in [1.54, 1.807) is 12.1 Å². The molecule has 2 aromatic rings. The third kappa shape index (κ3) is 3.37. The molecule has 7 nitrogen and oxygen atoms in total. The highest BCUT2D eigenvalue weighted by molar-refractivity contribution is 7.17. The van der Waals surface area contributed by atoms with Gasteiger partial charge in [-0.05, 0) is 37.8 Å². The molecule has 8 heteroatoms. The number of aromatic nitrogens is 2. The van der Waals surface area contributed by atoms with Gasteiger partial charge in [0.2, 0.25) is 5.91 Å². The molecular weight excluding hydrogens is 352 g/mol. The number of nitrogens with zero attached hydrogens (tertiary/aromatic N) is 2. The summed E-state index contributed by atoms with van der Waals surface area (Å²) >= 11 is 1.13. The smallest absolute Gasteiger partial charge is 0.223 e. The van der Waals surface area contributed by atoms with Crippen LogP contribution in [0.25, 0.3) is 0 Å². The largest absolute Gasteiger partial charge is 0.367 e. The number of hydrogen-bond donors (Lipinski definition) is 2. The van der Waals surface area contributed by atoms with Crippen molar-refractivity contribution in [3.8, 4) is 0 Å². The molecule has 1 amide bonds. The summed E-state index contributed by atoms with van der Waals surface area (Å²) in [5.41, 5.74) is 1.11. The number of pyridine rings is 1. The first-order valence-electron chi connectivity index (χ1n) is 8.59. The molecule has 2 N–H and O–H groups in total. The van der Waals surface area contributed by atoms with Gasteiger partial charge >= 0.3 is 0 Å². The van der Waals surface area contributed by atoms with Gasteiger partial charge in [-0.25, -0.2) is 9.97 Å². The molecule has 0 saturated heterocycles. The lowest BCUT2D eigenvalue weighted by atomic mass is 9.84. The van der Waals surface area contributed by atoms with Gasteiger partial charge in [0, 0.05) is 24.7 Å². The first-order valence-corrected chi connectivity index (χ1v) is 9.41. The van der Waals surface area contributed by atoms with E-state index in [0.717, 1.165) is 30.0 Å². The summed E-state index contributed by atoms with van der Waals surface area (Å²) in [7, 11) is 0. The fourth-order valence-corrected chi connectivity index (χ4v) is 4.05. The van der Waals surface area contributed by atoms with Gasteiger partial charge in [0.1, 0.15) is 5.82 Å². The summed E-state index contributed by atoms with van der Waals surface area (Å²) in [5.74, 6) is -0.617. The second-order valence-corrected chi connectivity index (χ2v) is 7.65. The molecule has 2 heterocycles. The molecule has 2 aliphatic carbocycles. The summed E-state index contributed by atoms with van der Waals surface area (Å²) in [6.45, 7) is 1.39. The molecule has 2 aromatic heterocycles. The van der Waals surface area contributed by atoms with Crippen LogP contribution in [0.2, 0.25) is 0 Å². The van der Waals surface area contributed by atoms with Gasteiger partial charge in [0.15, 0.2) is 16.7 Å². The third-order valence-corrected chi connectivity index (χ3v) is 5.51. The number of fused-ring (bicyclic) bond motifs is 1. The number of carbonyl (C=O) groups excluding carboxylic acids is 3. The van der Waals surface area contributed by atoms with E-state index in [9.17, 15) is 14.4 Å². The quantitative estimate of drug-likeness (QED) is 0.620. The summed E-state index contributed by atoms with van der Waals surface area (Å²) in [6.07, 6.45) is 4.80. The van der Waals surface area contributed by atoms with Gasteiger partial charge in [0.25, 0.3) is 0 Å². The Hall–Kier alpha value is -2.61. The normalized spacial score (nSPS) is 19.0. The number of aryl methyl sites for hydroxylation is 1. The molecule has 0 aliphatic heterocycles. The molecule has 4 rings (SSSR count). The number of hydrogen-bond acceptors (Lipinski definition) is 7. The molecule has 0 bridgehead atoms. The maximum atomic E-state index is 12.8. The van der Waals surface area contributed by atoms with E-state index < -0.39 is 5.92 Å². The average Bonchev–Trinajstić information content (AvgIpc) is 3.32. The van der Waals surface area contributed by atoms with Gasteiger partial charge in [-0.3, -0.25) is 14.4 Å². The lowest BCUT2D eigenvalue weighted by Crippen LogP contribution is -2.29. The number of carbonyl (C=O) groups is 3. The van der Waals surface area contributed by atoms with E-state index >= 15 is 0 Å². The molecule has 26 heavy (non-hydrogen) atoms. The maximum absolute atomic E-state index is 12.8. The fourth-order valence-electron chi connectivity index (χ4n) is 3.00. The van der Waals surface area contributed by atoms with Crippen LogP contribution in [-0.2, 0) is 11.2 Å². The molecule has 2 aliphatic rings. The van der Waals surface area contributed by atoms with Gasteiger partial charge in [0.05, 0.1) is 16.5 Å². The van der Waals surface area contributed by atoms with Crippen LogP contribution in [0, 0.1) is 5.92 Å². The van der Waals surface area contributed by atoms with Crippen molar-refractivity contribution in [2.45, 2.75) is 38.6 Å². The third-order valence-electron chi connectivity index (χ3n) is 4.48. The highest BCUT2D eigenvalue weighted by Crippen LogP contribution is 2.34. The molecule has 134 valence electrons. The summed E-state index contributed by atoms with van der Waals surface area (Å²) in [6, 6.07) is 4.00. The highest BCUT2D eigenvalue weighted by atomic mass is 32.1. The van der Waals surface area contributed by atoms with Gasteiger partial charge in [-0.15, -0.1) is 0 Å². The average molecular weight is 370 g/mol. The Bertz CT molecular complexity index is 886. The van der Waals surface area contributed by atoms with E-state index in [1.165, 1.54) is 13.1 Å². The number of amides is 1. The number of thiazole rings is 1. The maximum Gasteiger partial charge on any atom is 0.223 e. The molecule has 0 radical (unpaired) electrons. The Labute approximate surface area is 154 Å². The first kappa shape index (κ1) is 16.8. The Balaban J connectivity index is 1.50. The fraction of sp³-hybridized carbons (Fsp3) is 0.389. The van der Waals surface area contributed by atoms with Crippen LogP contribution in [0.15, 0.2) is 18.3 Å². The molecule has 1 saturated carbocycles. The number of rotatable bonds is 5. The Kier molecular flexibility index (Phi) is 4.28. The summed E-state index contributed by atoms with van der Waals surface area (Å²) in [4.78, 5) is 45.7. The SMILES string of the molecule is CC(=O)Nc1nc2c(s1)C(=O)C(C(=O)c1ccc(NC3CC3)nc1)CC2. The predicted octanol–water partition coefficient (Wildman–Crippen LogP) is 2.70. The standard InChI is InChI=1S/C18H18N4O3S/c1-9(23)20-18-22-13-6-5-12(16(25)17(13)26-18)15(24)10-2-7-14(19-8-10)21-11-3-4-11/h2,7-8,11-12H,3-6H2,1H3,(H,19,21)(H,20,22,23). The zero-order valence-corrected chi connectivity index (χ0v) is 15.1. The van der Waals surface area contributed by atoms with Gasteiger partial charge in [-0.1, -0.05) is 11.3 Å². The minimum absolute atomic E-state index is 0.208. The van der Waals surface area contributed by atoms with Crippen molar-refractivity contribution >= 4 is 39.8 Å². The van der Waals surface area contributed by atoms with Crippen molar-refractivity contribution in [1.82, 2.24) is 9.97 Å². The molecule has 0 aromatic carbocycles. The molecule has 1 atom stereocenters. The highest BCUT2D eigenvalue weighted by Gasteiger charge is 2.36. The lowest BCUT2D eigenvalue weighted by Gasteiger charge is -2.18. The number of anilines is 2. The minimum atomic E-state index is -0.711. The monoisotopic (exact) mass is 370 g/mol. The molecular formula is C18H18N4O3S. The van der Waals surface area contributed by atoms with E-state index in [0.29, 0.717) is 40.1 Å². The molecule has 0 spiro atoms. The second-order valence-electron chi connectivity index (χ2n) is 6.65. The molecule has 1 unspecified atom stereocenters. The van der Waals surface area contributed by atoms with Crippen molar-refractivity contribution < 1.29 is 14.4 Å². The zero-order chi connectivity index (χ0) is 18.3. The van der Waals surface area contributed by atoms with Gasteiger partial charge in [-0.2, -0.15) is 0 Å². The van der Waals surface area contributed by atoms with E-state index in [4.69, 9.17) is 0 Å². The van der Waals surface area contributed by atoms with Crippen LogP contribution in [-0.4, -0.2) is 33.5 Å². The van der Waals surface area contributed by atoms with Crippen molar-refractivity contribution in [1.29, 1.82) is 0 Å². The van der Waals surface area contributed by atoms with Crippen LogP contribution in [0.5, 0.6) is 0 Å². The van der Waals surface area contributed by atoms with Crippen molar-refractivity contribution in [3.05, 3.63) is 34.5 Å². The van der Waals surface area contributed by atoms with Crippen LogP contribution < -0.4 is 10.6 Å². The first-order chi connectivity index (χ1) is 12.5. The van der Waals surface area contributed by atoms with Crippen LogP contribution in [0.4, 0.5) is 10.9 Å². The molecule has 1 fully saturated rings. The van der Waals surface area contributed by atoms with Crippen molar-refractivity contribution in [2.75, 3.05) is 10.6 Å². The summed E-state index contributed by atoms with van der Waals surface area (Å²) < 4.78 is 0. The minimum Gasteiger partial charge on any atom is -0.367 e. The van der Waals surface area contributed by atoms with E-state index in [2.05, 4.69) is 20.6 Å². The van der Waals surface area contributed by atoms with Crippen LogP contribution in [0.1, 0.15) is 51.9 Å². The Morgan fingerprint density at radius 1 is 1.23 bits per heavy atom.